The Hall–Kier alpha value is -1.46. The normalized spacial score (nSPS) is 23.4. The zero-order valence-corrected chi connectivity index (χ0v) is 15.3. The van der Waals surface area contributed by atoms with E-state index in [9.17, 15) is 9.59 Å². The molecule has 0 bridgehead atoms. The third-order valence-corrected chi connectivity index (χ3v) is 5.08. The lowest BCUT2D eigenvalue weighted by Crippen LogP contribution is -2.59. The summed E-state index contributed by atoms with van der Waals surface area (Å²) in [6.45, 7) is 1.99. The highest BCUT2D eigenvalue weighted by atomic mass is 35.5. The molecule has 0 aromatic heterocycles. The fourth-order valence-corrected chi connectivity index (χ4v) is 3.83. The molecule has 1 aliphatic rings. The molecular weight excluding hydrogens is 351 g/mol. The van der Waals surface area contributed by atoms with Crippen LogP contribution in [0.5, 0.6) is 0 Å². The topological polar surface area (TPSA) is 67.4 Å². The Balaban J connectivity index is 2.13. The molecule has 132 valence electrons. The molecule has 1 aliphatic carbocycles. The maximum absolute atomic E-state index is 12.4. The van der Waals surface area contributed by atoms with Crippen molar-refractivity contribution in [3.05, 3.63) is 33.8 Å². The highest BCUT2D eigenvalue weighted by molar-refractivity contribution is 6.35. The van der Waals surface area contributed by atoms with Crippen LogP contribution in [0.1, 0.15) is 44.1 Å². The summed E-state index contributed by atoms with van der Waals surface area (Å²) in [6, 6.07) is 5.48. The Labute approximate surface area is 152 Å². The molecule has 0 radical (unpaired) electrons. The van der Waals surface area contributed by atoms with Crippen molar-refractivity contribution in [1.29, 1.82) is 0 Å². The predicted octanol–water partition coefficient (Wildman–Crippen LogP) is 3.88. The van der Waals surface area contributed by atoms with E-state index >= 15 is 0 Å². The molecule has 1 fully saturated rings. The van der Waals surface area contributed by atoms with Gasteiger partial charge in [-0.1, -0.05) is 29.3 Å². The number of rotatable bonds is 4. The third kappa shape index (κ3) is 4.14. The van der Waals surface area contributed by atoms with Crippen molar-refractivity contribution >= 4 is 35.2 Å². The fourth-order valence-electron chi connectivity index (χ4n) is 3.26. The molecule has 24 heavy (non-hydrogen) atoms. The molecule has 0 heterocycles. The molecule has 0 spiro atoms. The first-order valence-corrected chi connectivity index (χ1v) is 8.79. The number of hydrogen-bond acceptors (Lipinski definition) is 3. The molecule has 2 rings (SSSR count). The van der Waals surface area contributed by atoms with E-state index in [1.807, 2.05) is 12.1 Å². The summed E-state index contributed by atoms with van der Waals surface area (Å²) in [5.74, 6) is 0.0350. The molecule has 2 N–H and O–H groups in total. The van der Waals surface area contributed by atoms with Gasteiger partial charge in [0.05, 0.1) is 6.61 Å². The van der Waals surface area contributed by atoms with Gasteiger partial charge in [0.1, 0.15) is 5.54 Å². The van der Waals surface area contributed by atoms with E-state index in [4.69, 9.17) is 27.9 Å². The van der Waals surface area contributed by atoms with Crippen LogP contribution in [0.3, 0.4) is 0 Å². The highest BCUT2D eigenvalue weighted by Crippen LogP contribution is 2.41. The van der Waals surface area contributed by atoms with Gasteiger partial charge >= 0.3 is 6.09 Å². The Bertz CT molecular complexity index is 614. The molecule has 0 aliphatic heterocycles. The van der Waals surface area contributed by atoms with E-state index in [0.717, 1.165) is 18.4 Å². The van der Waals surface area contributed by atoms with Crippen LogP contribution < -0.4 is 10.6 Å². The van der Waals surface area contributed by atoms with Crippen LogP contribution in [0.25, 0.3) is 0 Å². The Morgan fingerprint density at radius 1 is 1.29 bits per heavy atom. The van der Waals surface area contributed by atoms with Crippen molar-refractivity contribution < 1.29 is 14.3 Å². The number of likely N-dealkylation sites (N-methyl/N-ethyl adjacent to an activating group) is 1. The van der Waals surface area contributed by atoms with Crippen molar-refractivity contribution in [2.45, 2.75) is 44.1 Å². The average Bonchev–Trinajstić information content (AvgIpc) is 2.55. The van der Waals surface area contributed by atoms with Gasteiger partial charge in [0.15, 0.2) is 0 Å². The van der Waals surface area contributed by atoms with E-state index in [-0.39, 0.29) is 18.4 Å². The lowest BCUT2D eigenvalue weighted by Gasteiger charge is -2.39. The summed E-state index contributed by atoms with van der Waals surface area (Å²) in [4.78, 5) is 24.2. The van der Waals surface area contributed by atoms with Gasteiger partial charge in [-0.2, -0.15) is 0 Å². The van der Waals surface area contributed by atoms with Crippen LogP contribution in [0, 0.1) is 0 Å². The first-order chi connectivity index (χ1) is 11.4. The predicted molar refractivity (Wildman–Crippen MR) is 94.6 cm³/mol. The summed E-state index contributed by atoms with van der Waals surface area (Å²) in [6.07, 6.45) is 1.95. The van der Waals surface area contributed by atoms with Crippen LogP contribution in [0.4, 0.5) is 4.79 Å². The van der Waals surface area contributed by atoms with E-state index in [2.05, 4.69) is 10.6 Å². The zero-order valence-electron chi connectivity index (χ0n) is 13.8. The smallest absolute Gasteiger partial charge is 0.407 e. The van der Waals surface area contributed by atoms with Gasteiger partial charge in [0.25, 0.3) is 0 Å². The van der Waals surface area contributed by atoms with Crippen molar-refractivity contribution in [1.82, 2.24) is 10.6 Å². The summed E-state index contributed by atoms with van der Waals surface area (Å²) in [7, 11) is 1.57. The third-order valence-electron chi connectivity index (χ3n) is 4.52. The standard InChI is InChI=1S/C17H22Cl2N2O3/c1-3-24-16(23)21-17(15(22)20-2)8-6-11(7-9-17)13-5-4-12(18)10-14(13)19/h4-5,10-11H,3,6-9H2,1-2H3,(H,20,22)(H,21,23). The van der Waals surface area contributed by atoms with Gasteiger partial charge in [-0.15, -0.1) is 0 Å². The van der Waals surface area contributed by atoms with Gasteiger partial charge in [0, 0.05) is 17.1 Å². The molecular formula is C17H22Cl2N2O3. The number of halogens is 2. The number of hydrogen-bond donors (Lipinski definition) is 2. The lowest BCUT2D eigenvalue weighted by molar-refractivity contribution is -0.128. The van der Waals surface area contributed by atoms with Crippen molar-refractivity contribution in [2.24, 2.45) is 0 Å². The molecule has 0 atom stereocenters. The van der Waals surface area contributed by atoms with Gasteiger partial charge in [-0.3, -0.25) is 4.79 Å². The molecule has 2 amide bonds. The Morgan fingerprint density at radius 2 is 1.96 bits per heavy atom. The van der Waals surface area contributed by atoms with Crippen LogP contribution in [0.15, 0.2) is 18.2 Å². The number of nitrogens with one attached hydrogen (secondary N) is 2. The minimum Gasteiger partial charge on any atom is -0.450 e. The van der Waals surface area contributed by atoms with Crippen LogP contribution in [-0.4, -0.2) is 31.2 Å². The number of ether oxygens (including phenoxy) is 1. The van der Waals surface area contributed by atoms with Crippen molar-refractivity contribution in [3.8, 4) is 0 Å². The van der Waals surface area contributed by atoms with Crippen LogP contribution >= 0.6 is 23.2 Å². The number of alkyl carbamates (subject to hydrolysis) is 1. The molecule has 0 saturated heterocycles. The summed E-state index contributed by atoms with van der Waals surface area (Å²) >= 11 is 12.2. The van der Waals surface area contributed by atoms with Gasteiger partial charge in [0.2, 0.25) is 5.91 Å². The van der Waals surface area contributed by atoms with Gasteiger partial charge in [-0.05, 0) is 56.2 Å². The molecule has 1 aromatic carbocycles. The summed E-state index contributed by atoms with van der Waals surface area (Å²) in [5.41, 5.74) is 0.0962. The maximum atomic E-state index is 12.4. The van der Waals surface area contributed by atoms with Gasteiger partial charge in [-0.25, -0.2) is 4.79 Å². The largest absolute Gasteiger partial charge is 0.450 e. The second kappa shape index (κ2) is 8.08. The summed E-state index contributed by atoms with van der Waals surface area (Å²) in [5, 5.41) is 6.63. The minimum atomic E-state index is -0.934. The number of benzene rings is 1. The van der Waals surface area contributed by atoms with Crippen LogP contribution in [-0.2, 0) is 9.53 Å². The fraction of sp³-hybridized carbons (Fsp3) is 0.529. The van der Waals surface area contributed by atoms with E-state index in [1.54, 1.807) is 20.0 Å². The summed E-state index contributed by atoms with van der Waals surface area (Å²) < 4.78 is 4.94. The molecule has 1 saturated carbocycles. The van der Waals surface area contributed by atoms with Crippen molar-refractivity contribution in [3.63, 3.8) is 0 Å². The first-order valence-electron chi connectivity index (χ1n) is 8.04. The first kappa shape index (κ1) is 18.9. The van der Waals surface area contributed by atoms with E-state index < -0.39 is 11.6 Å². The van der Waals surface area contributed by atoms with E-state index in [0.29, 0.717) is 22.9 Å². The highest BCUT2D eigenvalue weighted by Gasteiger charge is 2.43. The minimum absolute atomic E-state index is 0.198. The molecule has 7 heteroatoms. The second-order valence-electron chi connectivity index (χ2n) is 5.95. The van der Waals surface area contributed by atoms with Crippen LogP contribution in [0.2, 0.25) is 10.0 Å². The quantitative estimate of drug-likeness (QED) is 0.842. The van der Waals surface area contributed by atoms with E-state index in [1.165, 1.54) is 0 Å². The molecule has 0 unspecified atom stereocenters. The molecule has 5 nitrogen and oxygen atoms in total. The van der Waals surface area contributed by atoms with Crippen molar-refractivity contribution in [2.75, 3.05) is 13.7 Å². The Morgan fingerprint density at radius 3 is 2.50 bits per heavy atom. The maximum Gasteiger partial charge on any atom is 0.407 e. The number of amides is 2. The SMILES string of the molecule is CCOC(=O)NC1(C(=O)NC)CCC(c2ccc(Cl)cc2Cl)CC1. The molecule has 1 aromatic rings. The second-order valence-corrected chi connectivity index (χ2v) is 6.79. The number of carbonyl (C=O) groups excluding carboxylic acids is 2. The lowest BCUT2D eigenvalue weighted by atomic mass is 9.73. The monoisotopic (exact) mass is 372 g/mol. The zero-order chi connectivity index (χ0) is 17.7. The number of carbonyl (C=O) groups is 2. The Kier molecular flexibility index (Phi) is 6.35. The van der Waals surface area contributed by atoms with Gasteiger partial charge < -0.3 is 15.4 Å². The average molecular weight is 373 g/mol.